The lowest BCUT2D eigenvalue weighted by molar-refractivity contribution is 0.0729. The van der Waals surface area contributed by atoms with Crippen molar-refractivity contribution >= 4 is 5.97 Å². The molecule has 0 fully saturated rings. The third-order valence-electron chi connectivity index (χ3n) is 2.89. The zero-order chi connectivity index (χ0) is 13.8. The molecule has 0 amide bonds. The van der Waals surface area contributed by atoms with Crippen molar-refractivity contribution in [2.45, 2.75) is 13.8 Å². The molecule has 2 aromatic carbocycles. The third-order valence-corrected chi connectivity index (χ3v) is 2.89. The van der Waals surface area contributed by atoms with Gasteiger partial charge in [0, 0.05) is 0 Å². The average Bonchev–Trinajstić information content (AvgIpc) is 2.41. The fourth-order valence-corrected chi connectivity index (χ4v) is 1.82. The number of ether oxygens (including phenoxy) is 2. The third kappa shape index (κ3) is 2.94. The van der Waals surface area contributed by atoms with Crippen LogP contribution in [0.15, 0.2) is 42.5 Å². The topological polar surface area (TPSA) is 35.5 Å². The first-order valence-electron chi connectivity index (χ1n) is 6.04. The van der Waals surface area contributed by atoms with E-state index < -0.39 is 0 Å². The van der Waals surface area contributed by atoms with Crippen LogP contribution in [-0.4, -0.2) is 13.1 Å². The summed E-state index contributed by atoms with van der Waals surface area (Å²) < 4.78 is 10.6. The minimum absolute atomic E-state index is 0.375. The molecule has 0 aliphatic rings. The van der Waals surface area contributed by atoms with Crippen LogP contribution in [0.5, 0.6) is 11.5 Å². The molecule has 0 N–H and O–H groups in total. The Morgan fingerprint density at radius 1 is 1.00 bits per heavy atom. The van der Waals surface area contributed by atoms with Crippen LogP contribution in [0.25, 0.3) is 0 Å². The highest BCUT2D eigenvalue weighted by Gasteiger charge is 2.13. The van der Waals surface area contributed by atoms with Crippen LogP contribution in [0.3, 0.4) is 0 Å². The van der Waals surface area contributed by atoms with Crippen LogP contribution < -0.4 is 9.47 Å². The van der Waals surface area contributed by atoms with Crippen LogP contribution in [0, 0.1) is 13.8 Å². The van der Waals surface area contributed by atoms with Gasteiger partial charge < -0.3 is 9.47 Å². The molecule has 3 nitrogen and oxygen atoms in total. The SMILES string of the molecule is COc1cc(C)ccc1OC(=O)c1ccccc1C. The van der Waals surface area contributed by atoms with E-state index in [9.17, 15) is 4.79 Å². The van der Waals surface area contributed by atoms with E-state index in [0.717, 1.165) is 11.1 Å². The Kier molecular flexibility index (Phi) is 3.85. The van der Waals surface area contributed by atoms with E-state index in [-0.39, 0.29) is 5.97 Å². The van der Waals surface area contributed by atoms with E-state index >= 15 is 0 Å². The van der Waals surface area contributed by atoms with Crippen LogP contribution in [0.1, 0.15) is 21.5 Å². The van der Waals surface area contributed by atoms with Crippen molar-refractivity contribution in [2.24, 2.45) is 0 Å². The Hall–Kier alpha value is -2.29. The van der Waals surface area contributed by atoms with Crippen molar-refractivity contribution in [3.05, 3.63) is 59.2 Å². The number of hydrogen-bond donors (Lipinski definition) is 0. The van der Waals surface area contributed by atoms with Gasteiger partial charge in [-0.1, -0.05) is 24.3 Å². The van der Waals surface area contributed by atoms with Gasteiger partial charge in [0.05, 0.1) is 12.7 Å². The van der Waals surface area contributed by atoms with Gasteiger partial charge >= 0.3 is 5.97 Å². The van der Waals surface area contributed by atoms with Gasteiger partial charge in [-0.05, 0) is 43.2 Å². The molecule has 0 unspecified atom stereocenters. The molecule has 0 aliphatic heterocycles. The van der Waals surface area contributed by atoms with Crippen LogP contribution in [-0.2, 0) is 0 Å². The summed E-state index contributed by atoms with van der Waals surface area (Å²) in [7, 11) is 1.56. The Labute approximate surface area is 112 Å². The van der Waals surface area contributed by atoms with Gasteiger partial charge in [0.25, 0.3) is 0 Å². The molecule has 0 heterocycles. The second kappa shape index (κ2) is 5.57. The summed E-state index contributed by atoms with van der Waals surface area (Å²) in [5, 5.41) is 0. The maximum Gasteiger partial charge on any atom is 0.343 e. The highest BCUT2D eigenvalue weighted by Crippen LogP contribution is 2.28. The molecule has 0 aliphatic carbocycles. The van der Waals surface area contributed by atoms with E-state index in [1.807, 2.05) is 44.2 Å². The van der Waals surface area contributed by atoms with Gasteiger partial charge in [-0.15, -0.1) is 0 Å². The first-order chi connectivity index (χ1) is 9.11. The largest absolute Gasteiger partial charge is 0.493 e. The van der Waals surface area contributed by atoms with Gasteiger partial charge in [0.15, 0.2) is 11.5 Å². The van der Waals surface area contributed by atoms with E-state index in [0.29, 0.717) is 17.1 Å². The summed E-state index contributed by atoms with van der Waals surface area (Å²) in [5.74, 6) is 0.614. The van der Waals surface area contributed by atoms with Gasteiger partial charge in [0.1, 0.15) is 0 Å². The van der Waals surface area contributed by atoms with Gasteiger partial charge in [0.2, 0.25) is 0 Å². The average molecular weight is 256 g/mol. The monoisotopic (exact) mass is 256 g/mol. The van der Waals surface area contributed by atoms with Gasteiger partial charge in [-0.25, -0.2) is 4.79 Å². The Morgan fingerprint density at radius 2 is 1.74 bits per heavy atom. The maximum atomic E-state index is 12.1. The molecule has 0 radical (unpaired) electrons. The summed E-state index contributed by atoms with van der Waals surface area (Å²) >= 11 is 0. The van der Waals surface area contributed by atoms with Crippen molar-refractivity contribution in [3.8, 4) is 11.5 Å². The number of rotatable bonds is 3. The molecule has 2 rings (SSSR count). The Bertz CT molecular complexity index is 603. The normalized spacial score (nSPS) is 10.1. The molecule has 0 atom stereocenters. The van der Waals surface area contributed by atoms with Crippen molar-refractivity contribution in [2.75, 3.05) is 7.11 Å². The summed E-state index contributed by atoms with van der Waals surface area (Å²) in [6.45, 7) is 3.83. The Morgan fingerprint density at radius 3 is 2.42 bits per heavy atom. The second-order valence-corrected chi connectivity index (χ2v) is 4.36. The maximum absolute atomic E-state index is 12.1. The molecular formula is C16H16O3. The summed E-state index contributed by atoms with van der Waals surface area (Å²) in [6.07, 6.45) is 0. The predicted octanol–water partition coefficient (Wildman–Crippen LogP) is 3.53. The smallest absolute Gasteiger partial charge is 0.343 e. The van der Waals surface area contributed by atoms with E-state index in [4.69, 9.17) is 9.47 Å². The summed E-state index contributed by atoms with van der Waals surface area (Å²) in [6, 6.07) is 12.8. The highest BCUT2D eigenvalue weighted by atomic mass is 16.6. The Balaban J connectivity index is 2.27. The number of carbonyl (C=O) groups is 1. The van der Waals surface area contributed by atoms with Crippen molar-refractivity contribution in [1.29, 1.82) is 0 Å². The fraction of sp³-hybridized carbons (Fsp3) is 0.188. The number of aryl methyl sites for hydroxylation is 2. The van der Waals surface area contributed by atoms with Gasteiger partial charge in [-0.3, -0.25) is 0 Å². The number of carbonyl (C=O) groups excluding carboxylic acids is 1. The first kappa shape index (κ1) is 13.1. The van der Waals surface area contributed by atoms with Crippen molar-refractivity contribution < 1.29 is 14.3 Å². The number of esters is 1. The lowest BCUT2D eigenvalue weighted by Crippen LogP contribution is -2.10. The summed E-state index contributed by atoms with van der Waals surface area (Å²) in [5.41, 5.74) is 2.50. The number of methoxy groups -OCH3 is 1. The minimum Gasteiger partial charge on any atom is -0.493 e. The number of benzene rings is 2. The molecular weight excluding hydrogens is 240 g/mol. The molecule has 0 saturated heterocycles. The molecule has 98 valence electrons. The second-order valence-electron chi connectivity index (χ2n) is 4.36. The van der Waals surface area contributed by atoms with Crippen molar-refractivity contribution in [3.63, 3.8) is 0 Å². The predicted molar refractivity (Wildman–Crippen MR) is 73.9 cm³/mol. The zero-order valence-corrected chi connectivity index (χ0v) is 11.3. The molecule has 0 bridgehead atoms. The molecule has 19 heavy (non-hydrogen) atoms. The quantitative estimate of drug-likeness (QED) is 0.622. The molecule has 0 spiro atoms. The molecule has 2 aromatic rings. The number of hydrogen-bond acceptors (Lipinski definition) is 3. The lowest BCUT2D eigenvalue weighted by atomic mass is 10.1. The van der Waals surface area contributed by atoms with Crippen LogP contribution >= 0.6 is 0 Å². The van der Waals surface area contributed by atoms with E-state index in [1.54, 1.807) is 19.2 Å². The molecule has 0 saturated carbocycles. The summed E-state index contributed by atoms with van der Waals surface area (Å²) in [4.78, 5) is 12.1. The minimum atomic E-state index is -0.375. The molecule has 3 heteroatoms. The fourth-order valence-electron chi connectivity index (χ4n) is 1.82. The zero-order valence-electron chi connectivity index (χ0n) is 11.3. The van der Waals surface area contributed by atoms with Crippen LogP contribution in [0.4, 0.5) is 0 Å². The lowest BCUT2D eigenvalue weighted by Gasteiger charge is -2.10. The molecule has 0 aromatic heterocycles. The van der Waals surface area contributed by atoms with Crippen molar-refractivity contribution in [1.82, 2.24) is 0 Å². The van der Waals surface area contributed by atoms with Crippen LogP contribution in [0.2, 0.25) is 0 Å². The first-order valence-corrected chi connectivity index (χ1v) is 6.04. The highest BCUT2D eigenvalue weighted by molar-refractivity contribution is 5.92. The van der Waals surface area contributed by atoms with E-state index in [2.05, 4.69) is 0 Å². The van der Waals surface area contributed by atoms with Gasteiger partial charge in [-0.2, -0.15) is 0 Å². The standard InChI is InChI=1S/C16H16O3/c1-11-8-9-14(15(10-11)18-3)19-16(17)13-7-5-4-6-12(13)2/h4-10H,1-3H3. The van der Waals surface area contributed by atoms with E-state index in [1.165, 1.54) is 0 Å².